The molecule has 0 aliphatic carbocycles. The van der Waals surface area contributed by atoms with E-state index < -0.39 is 24.0 Å². The summed E-state index contributed by atoms with van der Waals surface area (Å²) in [6.45, 7) is 2.42. The van der Waals surface area contributed by atoms with Gasteiger partial charge < -0.3 is 4.90 Å². The second-order valence-electron chi connectivity index (χ2n) is 2.53. The van der Waals surface area contributed by atoms with Crippen LogP contribution in [0.25, 0.3) is 0 Å². The van der Waals surface area contributed by atoms with Gasteiger partial charge in [0.15, 0.2) is 0 Å². The van der Waals surface area contributed by atoms with Gasteiger partial charge in [-0.1, -0.05) is 0 Å². The smallest absolute Gasteiger partial charge is 0.330 e. The summed E-state index contributed by atoms with van der Waals surface area (Å²) in [5, 5.41) is 0. The van der Waals surface area contributed by atoms with E-state index in [1.807, 2.05) is 0 Å². The van der Waals surface area contributed by atoms with Crippen LogP contribution in [0.15, 0.2) is 0 Å². The maximum Gasteiger partial charge on any atom is 0.408 e. The van der Waals surface area contributed by atoms with Gasteiger partial charge in [-0.15, -0.1) is 11.6 Å². The van der Waals surface area contributed by atoms with E-state index in [9.17, 15) is 18.0 Å². The SMILES string of the molecule is CCN(C(=O)CCl)C(C)C(F)(F)F. The van der Waals surface area contributed by atoms with Gasteiger partial charge in [-0.25, -0.2) is 0 Å². The van der Waals surface area contributed by atoms with Crippen molar-refractivity contribution in [2.45, 2.75) is 26.1 Å². The van der Waals surface area contributed by atoms with Crippen molar-refractivity contribution < 1.29 is 18.0 Å². The van der Waals surface area contributed by atoms with E-state index in [1.54, 1.807) is 0 Å². The number of amides is 1. The summed E-state index contributed by atoms with van der Waals surface area (Å²) in [5.74, 6) is -1.12. The van der Waals surface area contributed by atoms with Crippen molar-refractivity contribution in [2.24, 2.45) is 0 Å². The van der Waals surface area contributed by atoms with Crippen molar-refractivity contribution in [3.8, 4) is 0 Å². The molecule has 13 heavy (non-hydrogen) atoms. The summed E-state index contributed by atoms with van der Waals surface area (Å²) in [5.41, 5.74) is 0. The first kappa shape index (κ1) is 12.6. The minimum atomic E-state index is -4.39. The van der Waals surface area contributed by atoms with Gasteiger partial charge in [0.25, 0.3) is 0 Å². The van der Waals surface area contributed by atoms with E-state index in [1.165, 1.54) is 6.92 Å². The summed E-state index contributed by atoms with van der Waals surface area (Å²) in [6, 6.07) is -1.77. The topological polar surface area (TPSA) is 20.3 Å². The van der Waals surface area contributed by atoms with Crippen LogP contribution in [0, 0.1) is 0 Å². The van der Waals surface area contributed by atoms with E-state index in [0.29, 0.717) is 4.90 Å². The largest absolute Gasteiger partial charge is 0.408 e. The second kappa shape index (κ2) is 4.69. The highest BCUT2D eigenvalue weighted by Gasteiger charge is 2.41. The number of carbonyl (C=O) groups excluding carboxylic acids is 1. The molecule has 1 atom stereocenters. The molecule has 6 heteroatoms. The van der Waals surface area contributed by atoms with Crippen molar-refractivity contribution in [1.29, 1.82) is 0 Å². The molecule has 2 nitrogen and oxygen atoms in total. The van der Waals surface area contributed by atoms with Crippen LogP contribution < -0.4 is 0 Å². The maximum absolute atomic E-state index is 12.1. The molecule has 0 spiro atoms. The Morgan fingerprint density at radius 3 is 2.23 bits per heavy atom. The number of carbonyl (C=O) groups is 1. The first-order valence-corrected chi connectivity index (χ1v) is 4.30. The lowest BCUT2D eigenvalue weighted by atomic mass is 10.2. The zero-order valence-corrected chi connectivity index (χ0v) is 8.11. The van der Waals surface area contributed by atoms with E-state index in [2.05, 4.69) is 0 Å². The molecule has 0 rings (SSSR count). The van der Waals surface area contributed by atoms with Crippen molar-refractivity contribution in [2.75, 3.05) is 12.4 Å². The third kappa shape index (κ3) is 3.42. The minimum absolute atomic E-state index is 0.00618. The fraction of sp³-hybridized carbons (Fsp3) is 0.857. The molecule has 1 amide bonds. The molecule has 0 saturated carbocycles. The quantitative estimate of drug-likeness (QED) is 0.663. The molecule has 0 aromatic heterocycles. The first-order valence-electron chi connectivity index (χ1n) is 3.76. The fourth-order valence-corrected chi connectivity index (χ4v) is 1.07. The summed E-state index contributed by atoms with van der Waals surface area (Å²) in [6.07, 6.45) is -4.39. The third-order valence-electron chi connectivity index (χ3n) is 1.72. The predicted octanol–water partition coefficient (Wildman–Crippen LogP) is 2.02. The molecule has 1 unspecified atom stereocenters. The van der Waals surface area contributed by atoms with Gasteiger partial charge in [0.1, 0.15) is 11.9 Å². The number of nitrogens with zero attached hydrogens (tertiary/aromatic N) is 1. The lowest BCUT2D eigenvalue weighted by molar-refractivity contribution is -0.184. The van der Waals surface area contributed by atoms with Crippen LogP contribution in [0.1, 0.15) is 13.8 Å². The zero-order valence-electron chi connectivity index (χ0n) is 7.36. The average Bonchev–Trinajstić information content (AvgIpc) is 2.03. The van der Waals surface area contributed by atoms with Crippen LogP contribution in [0.5, 0.6) is 0 Å². The molecule has 0 N–H and O–H groups in total. The second-order valence-corrected chi connectivity index (χ2v) is 2.80. The van der Waals surface area contributed by atoms with Crippen molar-refractivity contribution in [3.63, 3.8) is 0 Å². The Hall–Kier alpha value is -0.450. The molecule has 0 aromatic carbocycles. The number of hydrogen-bond donors (Lipinski definition) is 0. The molecule has 0 aromatic rings. The fourth-order valence-electron chi connectivity index (χ4n) is 0.920. The van der Waals surface area contributed by atoms with Gasteiger partial charge in [-0.05, 0) is 13.8 Å². The summed E-state index contributed by atoms with van der Waals surface area (Å²) in [4.78, 5) is 11.6. The predicted molar refractivity (Wildman–Crippen MR) is 43.6 cm³/mol. The Morgan fingerprint density at radius 1 is 1.54 bits per heavy atom. The van der Waals surface area contributed by atoms with Crippen LogP contribution in [0.3, 0.4) is 0 Å². The number of rotatable bonds is 3. The Bertz CT molecular complexity index is 183. The normalized spacial score (nSPS) is 14.0. The number of alkyl halides is 4. The van der Waals surface area contributed by atoms with E-state index in [0.717, 1.165) is 6.92 Å². The van der Waals surface area contributed by atoms with Gasteiger partial charge in [-0.2, -0.15) is 13.2 Å². The lowest BCUT2D eigenvalue weighted by Crippen LogP contribution is -2.47. The minimum Gasteiger partial charge on any atom is -0.330 e. The molecule has 0 aliphatic rings. The van der Waals surface area contributed by atoms with Gasteiger partial charge >= 0.3 is 6.18 Å². The number of hydrogen-bond acceptors (Lipinski definition) is 1. The first-order chi connectivity index (χ1) is 5.84. The van der Waals surface area contributed by atoms with Gasteiger partial charge in [0.05, 0.1) is 0 Å². The molecule has 0 saturated heterocycles. The summed E-state index contributed by atoms with van der Waals surface area (Å²) < 4.78 is 36.4. The van der Waals surface area contributed by atoms with Gasteiger partial charge in [0.2, 0.25) is 5.91 Å². The van der Waals surface area contributed by atoms with Crippen LogP contribution in [-0.4, -0.2) is 35.4 Å². The van der Waals surface area contributed by atoms with Crippen LogP contribution >= 0.6 is 11.6 Å². The average molecular weight is 218 g/mol. The van der Waals surface area contributed by atoms with Crippen LogP contribution in [0.2, 0.25) is 0 Å². The Labute approximate surface area is 79.7 Å². The molecule has 0 fully saturated rings. The molecule has 0 heterocycles. The van der Waals surface area contributed by atoms with Crippen molar-refractivity contribution in [1.82, 2.24) is 4.90 Å². The maximum atomic E-state index is 12.1. The molecule has 0 radical (unpaired) electrons. The highest BCUT2D eigenvalue weighted by atomic mass is 35.5. The highest BCUT2D eigenvalue weighted by molar-refractivity contribution is 6.27. The highest BCUT2D eigenvalue weighted by Crippen LogP contribution is 2.24. The molecular weight excluding hydrogens is 207 g/mol. The molecule has 0 bridgehead atoms. The third-order valence-corrected chi connectivity index (χ3v) is 1.95. The molecule has 78 valence electrons. The Balaban J connectivity index is 4.50. The van der Waals surface area contributed by atoms with Crippen molar-refractivity contribution in [3.05, 3.63) is 0 Å². The molecule has 0 aliphatic heterocycles. The zero-order chi connectivity index (χ0) is 10.6. The Morgan fingerprint density at radius 2 is 2.00 bits per heavy atom. The molecular formula is C7H11ClF3NO. The number of halogens is 4. The lowest BCUT2D eigenvalue weighted by Gasteiger charge is -2.28. The Kier molecular flexibility index (Phi) is 4.53. The van der Waals surface area contributed by atoms with Gasteiger partial charge in [0, 0.05) is 6.54 Å². The van der Waals surface area contributed by atoms with Crippen LogP contribution in [0.4, 0.5) is 13.2 Å². The van der Waals surface area contributed by atoms with Gasteiger partial charge in [-0.3, -0.25) is 4.79 Å². The van der Waals surface area contributed by atoms with Crippen LogP contribution in [-0.2, 0) is 4.79 Å². The summed E-state index contributed by atoms with van der Waals surface area (Å²) >= 11 is 5.16. The standard InChI is InChI=1S/C7H11ClF3NO/c1-3-12(6(13)4-8)5(2)7(9,10)11/h5H,3-4H2,1-2H3. The van der Waals surface area contributed by atoms with E-state index in [4.69, 9.17) is 11.6 Å². The monoisotopic (exact) mass is 217 g/mol. The van der Waals surface area contributed by atoms with E-state index in [-0.39, 0.29) is 6.54 Å². The van der Waals surface area contributed by atoms with Crippen molar-refractivity contribution >= 4 is 17.5 Å². The van der Waals surface area contributed by atoms with E-state index >= 15 is 0 Å². The summed E-state index contributed by atoms with van der Waals surface area (Å²) in [7, 11) is 0.